The topological polar surface area (TPSA) is 56.7 Å². The van der Waals surface area contributed by atoms with Gasteiger partial charge >= 0.3 is 0 Å². The molecule has 2 N–H and O–H groups in total. The Morgan fingerprint density at radius 1 is 1.13 bits per heavy atom. The molecule has 0 aromatic heterocycles. The predicted molar refractivity (Wildman–Crippen MR) is 126 cm³/mol. The number of nitrogens with zero attached hydrogens (tertiary/aromatic N) is 2. The van der Waals surface area contributed by atoms with E-state index < -0.39 is 0 Å². The third kappa shape index (κ3) is 6.96. The van der Waals surface area contributed by atoms with Gasteiger partial charge < -0.3 is 15.5 Å². The fourth-order valence-corrected chi connectivity index (χ4v) is 4.21. The second-order valence-electron chi connectivity index (χ2n) is 7.11. The third-order valence-corrected chi connectivity index (χ3v) is 6.15. The molecule has 1 aliphatic heterocycles. The molecular formula is C23H29ClN4OS. The first-order valence-electron chi connectivity index (χ1n) is 10.4. The van der Waals surface area contributed by atoms with Crippen LogP contribution >= 0.6 is 23.4 Å². The summed E-state index contributed by atoms with van der Waals surface area (Å²) in [6.45, 7) is 5.78. The normalized spacial score (nSPS) is 14.3. The van der Waals surface area contributed by atoms with E-state index in [4.69, 9.17) is 16.6 Å². The molecule has 1 amide bonds. The highest BCUT2D eigenvalue weighted by molar-refractivity contribution is 7.99. The van der Waals surface area contributed by atoms with Gasteiger partial charge in [-0.2, -0.15) is 0 Å². The summed E-state index contributed by atoms with van der Waals surface area (Å²) in [5.74, 6) is 1.99. The van der Waals surface area contributed by atoms with Crippen molar-refractivity contribution in [3.05, 3.63) is 64.7 Å². The van der Waals surface area contributed by atoms with Crippen LogP contribution in [0.4, 0.5) is 0 Å². The Bertz CT molecular complexity index is 857. The number of amides is 1. The molecule has 0 saturated carbocycles. The highest BCUT2D eigenvalue weighted by Gasteiger charge is 2.20. The van der Waals surface area contributed by atoms with Gasteiger partial charge in [0.1, 0.15) is 0 Å². The predicted octanol–water partition coefficient (Wildman–Crippen LogP) is 4.31. The van der Waals surface area contributed by atoms with Crippen LogP contribution in [-0.2, 0) is 17.9 Å². The maximum Gasteiger partial charge on any atom is 0.222 e. The van der Waals surface area contributed by atoms with Crippen LogP contribution in [0.1, 0.15) is 30.9 Å². The third-order valence-electron chi connectivity index (χ3n) is 4.88. The van der Waals surface area contributed by atoms with Gasteiger partial charge in [-0.25, -0.2) is 4.99 Å². The fraction of sp³-hybridized carbons (Fsp3) is 0.391. The maximum absolute atomic E-state index is 12.0. The standard InChI is InChI=1S/C23H29ClN4OS/c1-2-25-23(26-13-15-30-21-11-9-20(24)10-12-21)27-16-18-6-3-4-7-19(18)17-28-14-5-8-22(28)29/h3-4,6-7,9-12H,2,5,8,13-17H2,1H3,(H2,25,26,27). The summed E-state index contributed by atoms with van der Waals surface area (Å²) in [7, 11) is 0. The van der Waals surface area contributed by atoms with Gasteiger partial charge in [-0.15, -0.1) is 11.8 Å². The molecule has 0 unspecified atom stereocenters. The van der Waals surface area contributed by atoms with Crippen molar-refractivity contribution in [3.63, 3.8) is 0 Å². The van der Waals surface area contributed by atoms with Crippen molar-refractivity contribution in [3.8, 4) is 0 Å². The molecule has 1 fully saturated rings. The summed E-state index contributed by atoms with van der Waals surface area (Å²) in [5, 5.41) is 7.46. The van der Waals surface area contributed by atoms with E-state index in [-0.39, 0.29) is 5.91 Å². The molecule has 0 atom stereocenters. The zero-order valence-electron chi connectivity index (χ0n) is 17.4. The van der Waals surface area contributed by atoms with Crippen molar-refractivity contribution in [1.82, 2.24) is 15.5 Å². The number of guanidine groups is 1. The van der Waals surface area contributed by atoms with E-state index >= 15 is 0 Å². The molecule has 3 rings (SSSR count). The second-order valence-corrected chi connectivity index (χ2v) is 8.72. The van der Waals surface area contributed by atoms with E-state index in [0.717, 1.165) is 48.4 Å². The van der Waals surface area contributed by atoms with Crippen molar-refractivity contribution >= 4 is 35.2 Å². The maximum atomic E-state index is 12.0. The van der Waals surface area contributed by atoms with Crippen LogP contribution in [0, 0.1) is 0 Å². The van der Waals surface area contributed by atoms with Crippen molar-refractivity contribution in [2.45, 2.75) is 37.8 Å². The van der Waals surface area contributed by atoms with E-state index in [1.165, 1.54) is 10.5 Å². The van der Waals surface area contributed by atoms with E-state index in [1.807, 2.05) is 41.3 Å². The quantitative estimate of drug-likeness (QED) is 0.262. The highest BCUT2D eigenvalue weighted by atomic mass is 35.5. The molecule has 0 aliphatic carbocycles. The van der Waals surface area contributed by atoms with Gasteiger partial charge in [0.2, 0.25) is 5.91 Å². The number of rotatable bonds is 9. The molecule has 0 bridgehead atoms. The van der Waals surface area contributed by atoms with Crippen molar-refractivity contribution < 1.29 is 4.79 Å². The summed E-state index contributed by atoms with van der Waals surface area (Å²) in [4.78, 5) is 19.9. The summed E-state index contributed by atoms with van der Waals surface area (Å²) in [6.07, 6.45) is 1.63. The van der Waals surface area contributed by atoms with Crippen LogP contribution < -0.4 is 10.6 Å². The largest absolute Gasteiger partial charge is 0.357 e. The Hall–Kier alpha value is -2.18. The molecule has 1 heterocycles. The molecule has 1 aliphatic rings. The van der Waals surface area contributed by atoms with Gasteiger partial charge in [-0.1, -0.05) is 35.9 Å². The summed E-state index contributed by atoms with van der Waals surface area (Å²) in [6, 6.07) is 16.2. The zero-order valence-corrected chi connectivity index (χ0v) is 18.9. The molecule has 5 nitrogen and oxygen atoms in total. The lowest BCUT2D eigenvalue weighted by Gasteiger charge is -2.18. The Labute approximate surface area is 188 Å². The number of thioether (sulfide) groups is 1. The SMILES string of the molecule is CCNC(=NCc1ccccc1CN1CCCC1=O)NCCSc1ccc(Cl)cc1. The van der Waals surface area contributed by atoms with Crippen LogP contribution in [0.2, 0.25) is 5.02 Å². The lowest BCUT2D eigenvalue weighted by Crippen LogP contribution is -2.38. The van der Waals surface area contributed by atoms with Crippen LogP contribution in [-0.4, -0.2) is 42.2 Å². The molecule has 0 spiro atoms. The molecule has 30 heavy (non-hydrogen) atoms. The number of carbonyl (C=O) groups is 1. The minimum atomic E-state index is 0.251. The lowest BCUT2D eigenvalue weighted by molar-refractivity contribution is -0.128. The molecular weight excluding hydrogens is 416 g/mol. The van der Waals surface area contributed by atoms with E-state index in [2.05, 4.69) is 29.7 Å². The number of benzene rings is 2. The number of hydrogen-bond acceptors (Lipinski definition) is 3. The summed E-state index contributed by atoms with van der Waals surface area (Å²) >= 11 is 7.72. The van der Waals surface area contributed by atoms with E-state index in [9.17, 15) is 4.79 Å². The molecule has 2 aromatic carbocycles. The summed E-state index contributed by atoms with van der Waals surface area (Å²) in [5.41, 5.74) is 2.33. The Balaban J connectivity index is 1.53. The number of carbonyl (C=O) groups excluding carboxylic acids is 1. The average molecular weight is 445 g/mol. The van der Waals surface area contributed by atoms with Crippen molar-refractivity contribution in [1.29, 1.82) is 0 Å². The minimum Gasteiger partial charge on any atom is -0.357 e. The van der Waals surface area contributed by atoms with Crippen LogP contribution in [0.25, 0.3) is 0 Å². The number of likely N-dealkylation sites (tertiary alicyclic amines) is 1. The number of hydrogen-bond donors (Lipinski definition) is 2. The van der Waals surface area contributed by atoms with E-state index in [0.29, 0.717) is 19.5 Å². The Kier molecular flexibility index (Phi) is 8.90. The lowest BCUT2D eigenvalue weighted by atomic mass is 10.1. The Morgan fingerprint density at radius 3 is 2.60 bits per heavy atom. The van der Waals surface area contributed by atoms with Crippen molar-refractivity contribution in [2.75, 3.05) is 25.4 Å². The molecule has 7 heteroatoms. The van der Waals surface area contributed by atoms with Crippen LogP contribution in [0.15, 0.2) is 58.4 Å². The van der Waals surface area contributed by atoms with Gasteiger partial charge in [0.05, 0.1) is 6.54 Å². The number of aliphatic imine (C=N–C) groups is 1. The highest BCUT2D eigenvalue weighted by Crippen LogP contribution is 2.20. The first-order chi connectivity index (χ1) is 14.7. The molecule has 2 aromatic rings. The molecule has 160 valence electrons. The zero-order chi connectivity index (χ0) is 21.2. The van der Waals surface area contributed by atoms with Gasteiger partial charge in [0.25, 0.3) is 0 Å². The average Bonchev–Trinajstić information content (AvgIpc) is 3.16. The smallest absolute Gasteiger partial charge is 0.222 e. The summed E-state index contributed by atoms with van der Waals surface area (Å²) < 4.78 is 0. The van der Waals surface area contributed by atoms with E-state index in [1.54, 1.807) is 11.8 Å². The van der Waals surface area contributed by atoms with Gasteiger partial charge in [0.15, 0.2) is 5.96 Å². The number of nitrogens with one attached hydrogen (secondary N) is 2. The van der Waals surface area contributed by atoms with Gasteiger partial charge in [-0.3, -0.25) is 4.79 Å². The monoisotopic (exact) mass is 444 g/mol. The Morgan fingerprint density at radius 2 is 1.90 bits per heavy atom. The molecule has 0 radical (unpaired) electrons. The van der Waals surface area contributed by atoms with Crippen molar-refractivity contribution in [2.24, 2.45) is 4.99 Å². The second kappa shape index (κ2) is 11.9. The van der Waals surface area contributed by atoms with Crippen LogP contribution in [0.5, 0.6) is 0 Å². The molecule has 1 saturated heterocycles. The fourth-order valence-electron chi connectivity index (χ4n) is 3.32. The van der Waals surface area contributed by atoms with Crippen LogP contribution in [0.3, 0.4) is 0 Å². The van der Waals surface area contributed by atoms with Gasteiger partial charge in [0, 0.05) is 48.3 Å². The first-order valence-corrected chi connectivity index (χ1v) is 11.8. The minimum absolute atomic E-state index is 0.251. The first kappa shape index (κ1) is 22.5. The van der Waals surface area contributed by atoms with Gasteiger partial charge in [-0.05, 0) is 48.7 Å². The number of halogens is 1.